The monoisotopic (exact) mass is 558 g/mol. The molecule has 0 unspecified atom stereocenters. The van der Waals surface area contributed by atoms with Crippen LogP contribution in [0.5, 0.6) is 17.2 Å². The Morgan fingerprint density at radius 3 is 2.27 bits per heavy atom. The van der Waals surface area contributed by atoms with Crippen LogP contribution in [-0.2, 0) is 11.4 Å². The first kappa shape index (κ1) is 26.4. The number of carboxylic acids is 1. The van der Waals surface area contributed by atoms with Crippen molar-refractivity contribution >= 4 is 47.0 Å². The van der Waals surface area contributed by atoms with Crippen LogP contribution >= 0.6 is 35.0 Å². The zero-order chi connectivity index (χ0) is 26.4. The number of hydrogen-bond donors (Lipinski definition) is 1. The molecule has 1 aromatic heterocycles. The van der Waals surface area contributed by atoms with Gasteiger partial charge in [-0.3, -0.25) is 0 Å². The van der Waals surface area contributed by atoms with Crippen molar-refractivity contribution in [3.8, 4) is 28.7 Å². The smallest absolute Gasteiger partial charge is 0.342 e. The summed E-state index contributed by atoms with van der Waals surface area (Å²) >= 11 is 12.8. The van der Waals surface area contributed by atoms with E-state index in [0.29, 0.717) is 45.0 Å². The number of ether oxygens (including phenoxy) is 3. The van der Waals surface area contributed by atoms with E-state index in [2.05, 4.69) is 10.2 Å². The first-order valence-electron chi connectivity index (χ1n) is 10.7. The molecule has 0 bridgehead atoms. The van der Waals surface area contributed by atoms with E-state index in [9.17, 15) is 9.90 Å². The fourth-order valence-electron chi connectivity index (χ4n) is 3.14. The quantitative estimate of drug-likeness (QED) is 0.165. The molecule has 190 valence electrons. The number of benzene rings is 3. The highest BCUT2D eigenvalue weighted by Crippen LogP contribution is 2.33. The number of aliphatic carboxylic acids is 1. The van der Waals surface area contributed by atoms with Gasteiger partial charge >= 0.3 is 5.97 Å². The summed E-state index contributed by atoms with van der Waals surface area (Å²) in [6.45, 7) is 0.307. The Morgan fingerprint density at radius 1 is 0.946 bits per heavy atom. The van der Waals surface area contributed by atoms with E-state index in [1.165, 1.54) is 20.3 Å². The summed E-state index contributed by atoms with van der Waals surface area (Å²) in [5.41, 5.74) is 2.10. The van der Waals surface area contributed by atoms with Crippen molar-refractivity contribution < 1.29 is 28.5 Å². The number of hydrogen-bond acceptors (Lipinski definition) is 8. The molecule has 8 nitrogen and oxygen atoms in total. The van der Waals surface area contributed by atoms with Crippen molar-refractivity contribution in [3.05, 3.63) is 86.7 Å². The van der Waals surface area contributed by atoms with E-state index in [1.807, 2.05) is 6.07 Å². The maximum Gasteiger partial charge on any atom is 0.342 e. The summed E-state index contributed by atoms with van der Waals surface area (Å²) in [5.74, 6) is 0.790. The maximum atomic E-state index is 11.9. The van der Waals surface area contributed by atoms with Gasteiger partial charge in [0.1, 0.15) is 28.8 Å². The minimum atomic E-state index is -1.13. The number of methoxy groups -OCH3 is 2. The highest BCUT2D eigenvalue weighted by molar-refractivity contribution is 8.03. The SMILES string of the molecule is COc1cc(OC)cc(-c2nnc(S/C(=C\c3ccc(OCc4ccc(Cl)c(Cl)c4)cc3)C(=O)O)o2)c1. The average molecular weight is 559 g/mol. The molecule has 1 heterocycles. The first-order chi connectivity index (χ1) is 17.8. The largest absolute Gasteiger partial charge is 0.497 e. The van der Waals surface area contributed by atoms with Gasteiger partial charge in [0.15, 0.2) is 0 Å². The molecule has 0 spiro atoms. The van der Waals surface area contributed by atoms with E-state index >= 15 is 0 Å². The van der Waals surface area contributed by atoms with Gasteiger partial charge in [0, 0.05) is 11.6 Å². The topological polar surface area (TPSA) is 104 Å². The molecule has 0 fully saturated rings. The fourth-order valence-corrected chi connectivity index (χ4v) is 4.13. The Morgan fingerprint density at radius 2 is 1.65 bits per heavy atom. The molecule has 0 amide bonds. The number of carboxylic acid groups (broad SMARTS) is 1. The molecule has 1 N–H and O–H groups in total. The third-order valence-corrected chi connectivity index (χ3v) is 6.57. The van der Waals surface area contributed by atoms with Gasteiger partial charge in [-0.05, 0) is 65.4 Å². The third-order valence-electron chi connectivity index (χ3n) is 4.98. The van der Waals surface area contributed by atoms with Crippen LogP contribution < -0.4 is 14.2 Å². The van der Waals surface area contributed by atoms with Gasteiger partial charge in [-0.1, -0.05) is 41.4 Å². The lowest BCUT2D eigenvalue weighted by Crippen LogP contribution is -1.97. The number of nitrogens with zero attached hydrogens (tertiary/aromatic N) is 2. The molecule has 4 aromatic rings. The Hall–Kier alpha value is -3.66. The van der Waals surface area contributed by atoms with Gasteiger partial charge in [-0.2, -0.15) is 0 Å². The Kier molecular flexibility index (Phi) is 8.60. The number of rotatable bonds is 10. The standard InChI is InChI=1S/C26H20Cl2N2O6S/c1-33-19-11-17(12-20(13-19)34-2)24-29-30-26(36-24)37-23(25(31)32)10-15-3-6-18(7-4-15)35-14-16-5-8-21(27)22(28)9-16/h3-13H,14H2,1-2H3,(H,31,32)/b23-10-. The van der Waals surface area contributed by atoms with Gasteiger partial charge in [0.05, 0.1) is 24.3 Å². The van der Waals surface area contributed by atoms with Crippen LogP contribution in [0, 0.1) is 0 Å². The Balaban J connectivity index is 1.45. The normalized spacial score (nSPS) is 11.3. The zero-order valence-electron chi connectivity index (χ0n) is 19.6. The number of thioether (sulfide) groups is 1. The van der Waals surface area contributed by atoms with Gasteiger partial charge in [0.2, 0.25) is 5.89 Å². The molecule has 0 aliphatic rings. The number of aromatic nitrogens is 2. The van der Waals surface area contributed by atoms with Gasteiger partial charge in [0.25, 0.3) is 5.22 Å². The van der Waals surface area contributed by atoms with E-state index < -0.39 is 5.97 Å². The van der Waals surface area contributed by atoms with Crippen LogP contribution in [0.15, 0.2) is 75.2 Å². The number of carbonyl (C=O) groups is 1. The van der Waals surface area contributed by atoms with Crippen LogP contribution in [0.25, 0.3) is 17.5 Å². The van der Waals surface area contributed by atoms with Crippen LogP contribution in [-0.4, -0.2) is 35.5 Å². The molecule has 0 aliphatic carbocycles. The van der Waals surface area contributed by atoms with Crippen molar-refractivity contribution in [2.24, 2.45) is 0 Å². The number of halogens is 2. The Bertz CT molecular complexity index is 1420. The summed E-state index contributed by atoms with van der Waals surface area (Å²) in [4.78, 5) is 11.9. The van der Waals surface area contributed by atoms with E-state index in [1.54, 1.807) is 54.6 Å². The second-order valence-corrected chi connectivity index (χ2v) is 9.30. The summed E-state index contributed by atoms with van der Waals surface area (Å²) in [6.07, 6.45) is 1.51. The predicted molar refractivity (Wildman–Crippen MR) is 142 cm³/mol. The molecule has 0 saturated carbocycles. The van der Waals surface area contributed by atoms with Gasteiger partial charge in [-0.25, -0.2) is 4.79 Å². The van der Waals surface area contributed by atoms with Crippen LogP contribution in [0.4, 0.5) is 0 Å². The summed E-state index contributed by atoms with van der Waals surface area (Å²) in [6, 6.07) is 17.4. The lowest BCUT2D eigenvalue weighted by Gasteiger charge is -2.08. The molecule has 0 aliphatic heterocycles. The van der Waals surface area contributed by atoms with E-state index in [-0.39, 0.29) is 16.0 Å². The predicted octanol–water partition coefficient (Wildman–Crippen LogP) is 6.86. The molecule has 37 heavy (non-hydrogen) atoms. The molecular formula is C26H20Cl2N2O6S. The molecule has 0 saturated heterocycles. The third kappa shape index (κ3) is 6.97. The minimum absolute atomic E-state index is 0.00268. The second-order valence-electron chi connectivity index (χ2n) is 7.50. The van der Waals surface area contributed by atoms with Crippen LogP contribution in [0.3, 0.4) is 0 Å². The van der Waals surface area contributed by atoms with E-state index in [4.69, 9.17) is 41.8 Å². The fraction of sp³-hybridized carbons (Fsp3) is 0.115. The molecule has 11 heteroatoms. The zero-order valence-corrected chi connectivity index (χ0v) is 21.9. The summed E-state index contributed by atoms with van der Waals surface area (Å²) < 4.78 is 22.0. The first-order valence-corrected chi connectivity index (χ1v) is 12.3. The van der Waals surface area contributed by atoms with Crippen molar-refractivity contribution in [3.63, 3.8) is 0 Å². The highest BCUT2D eigenvalue weighted by Gasteiger charge is 2.17. The van der Waals surface area contributed by atoms with Crippen molar-refractivity contribution in [1.29, 1.82) is 0 Å². The second kappa shape index (κ2) is 12.1. The molecule has 0 radical (unpaired) electrons. The minimum Gasteiger partial charge on any atom is -0.497 e. The van der Waals surface area contributed by atoms with Crippen molar-refractivity contribution in [1.82, 2.24) is 10.2 Å². The van der Waals surface area contributed by atoms with Crippen molar-refractivity contribution in [2.75, 3.05) is 14.2 Å². The van der Waals surface area contributed by atoms with Crippen molar-refractivity contribution in [2.45, 2.75) is 11.8 Å². The molecular weight excluding hydrogens is 539 g/mol. The summed E-state index contributed by atoms with van der Waals surface area (Å²) in [5, 5.41) is 18.7. The molecule has 3 aromatic carbocycles. The van der Waals surface area contributed by atoms with Crippen LogP contribution in [0.1, 0.15) is 11.1 Å². The van der Waals surface area contributed by atoms with Crippen LogP contribution in [0.2, 0.25) is 10.0 Å². The maximum absolute atomic E-state index is 11.9. The highest BCUT2D eigenvalue weighted by atomic mass is 35.5. The van der Waals surface area contributed by atoms with E-state index in [0.717, 1.165) is 17.3 Å². The summed E-state index contributed by atoms with van der Waals surface area (Å²) in [7, 11) is 3.07. The average Bonchev–Trinajstić information content (AvgIpc) is 3.38. The molecule has 4 rings (SSSR count). The Labute approximate surface area is 226 Å². The van der Waals surface area contributed by atoms with Gasteiger partial charge < -0.3 is 23.7 Å². The lowest BCUT2D eigenvalue weighted by atomic mass is 10.2. The lowest BCUT2D eigenvalue weighted by molar-refractivity contribution is -0.131. The molecule has 0 atom stereocenters. The van der Waals surface area contributed by atoms with Gasteiger partial charge in [-0.15, -0.1) is 10.2 Å².